The van der Waals surface area contributed by atoms with Crippen LogP contribution in [0.25, 0.3) is 0 Å². The third kappa shape index (κ3) is 3.11. The molecule has 0 aromatic carbocycles. The van der Waals surface area contributed by atoms with Gasteiger partial charge in [0, 0.05) is 6.54 Å². The van der Waals surface area contributed by atoms with Gasteiger partial charge in [-0.1, -0.05) is 0 Å². The van der Waals surface area contributed by atoms with Crippen LogP contribution < -0.4 is 0 Å². The van der Waals surface area contributed by atoms with Crippen LogP contribution in [0, 0.1) is 11.3 Å². The van der Waals surface area contributed by atoms with Crippen LogP contribution >= 0.6 is 0 Å². The minimum Gasteiger partial charge on any atom is -0.444 e. The lowest BCUT2D eigenvalue weighted by Gasteiger charge is -2.29. The maximum Gasteiger partial charge on any atom is 0.410 e. The molecule has 0 aromatic heterocycles. The highest BCUT2D eigenvalue weighted by molar-refractivity contribution is 5.69. The molecule has 1 fully saturated rings. The van der Waals surface area contributed by atoms with E-state index in [-0.39, 0.29) is 0 Å². The van der Waals surface area contributed by atoms with Gasteiger partial charge in [-0.3, -0.25) is 0 Å². The summed E-state index contributed by atoms with van der Waals surface area (Å²) >= 11 is 0. The molecule has 0 aromatic rings. The minimum atomic E-state index is -1.13. The molecule has 0 aliphatic carbocycles. The number of rotatable bonds is 1. The number of hydrogen-bond acceptors (Lipinski definition) is 4. The number of amides is 1. The van der Waals surface area contributed by atoms with E-state index in [1.165, 1.54) is 4.90 Å². The predicted octanol–water partition coefficient (Wildman–Crippen LogP) is 1.27. The van der Waals surface area contributed by atoms with Crippen molar-refractivity contribution in [1.29, 1.82) is 5.26 Å². The molecule has 5 heteroatoms. The lowest BCUT2D eigenvalue weighted by atomic mass is 10.1. The van der Waals surface area contributed by atoms with E-state index in [0.29, 0.717) is 13.0 Å². The molecule has 1 rings (SSSR count). The fourth-order valence-corrected chi connectivity index (χ4v) is 1.75. The number of aliphatic hydroxyl groups is 1. The minimum absolute atomic E-state index is 0.431. The molecule has 1 heterocycles. The molecule has 1 unspecified atom stereocenters. The van der Waals surface area contributed by atoms with Gasteiger partial charge >= 0.3 is 6.09 Å². The van der Waals surface area contributed by atoms with Gasteiger partial charge in [0.1, 0.15) is 5.60 Å². The zero-order valence-electron chi connectivity index (χ0n) is 9.93. The van der Waals surface area contributed by atoms with Crippen LogP contribution in [-0.2, 0) is 4.74 Å². The van der Waals surface area contributed by atoms with Crippen molar-refractivity contribution < 1.29 is 14.6 Å². The van der Waals surface area contributed by atoms with Crippen LogP contribution in [0.15, 0.2) is 0 Å². The Morgan fingerprint density at radius 3 is 2.75 bits per heavy atom. The van der Waals surface area contributed by atoms with Crippen molar-refractivity contribution in [3.63, 3.8) is 0 Å². The van der Waals surface area contributed by atoms with Crippen LogP contribution in [0.5, 0.6) is 0 Å². The average molecular weight is 226 g/mol. The Morgan fingerprint density at radius 2 is 2.25 bits per heavy atom. The van der Waals surface area contributed by atoms with Crippen molar-refractivity contribution in [1.82, 2.24) is 4.90 Å². The van der Waals surface area contributed by atoms with E-state index in [0.717, 1.165) is 6.42 Å². The lowest BCUT2D eigenvalue weighted by molar-refractivity contribution is 0.0122. The summed E-state index contributed by atoms with van der Waals surface area (Å²) in [5.74, 6) is 0. The van der Waals surface area contributed by atoms with E-state index in [4.69, 9.17) is 10.00 Å². The molecule has 0 spiro atoms. The van der Waals surface area contributed by atoms with Gasteiger partial charge in [-0.05, 0) is 33.6 Å². The van der Waals surface area contributed by atoms with Crippen LogP contribution in [0.2, 0.25) is 0 Å². The van der Waals surface area contributed by atoms with E-state index >= 15 is 0 Å². The zero-order chi connectivity index (χ0) is 12.3. The molecule has 16 heavy (non-hydrogen) atoms. The first kappa shape index (κ1) is 12.8. The Bertz CT molecular complexity index is 303. The lowest BCUT2D eigenvalue weighted by Crippen LogP contribution is -2.44. The first-order chi connectivity index (χ1) is 7.35. The van der Waals surface area contributed by atoms with Crippen LogP contribution in [-0.4, -0.2) is 40.4 Å². The molecule has 1 aliphatic rings. The van der Waals surface area contributed by atoms with Crippen molar-refractivity contribution in [3.8, 4) is 6.07 Å². The summed E-state index contributed by atoms with van der Waals surface area (Å²) < 4.78 is 5.21. The second kappa shape index (κ2) is 4.71. The Hall–Kier alpha value is -1.28. The smallest absolute Gasteiger partial charge is 0.410 e. The monoisotopic (exact) mass is 226 g/mol. The van der Waals surface area contributed by atoms with Crippen molar-refractivity contribution in [2.75, 3.05) is 6.54 Å². The summed E-state index contributed by atoms with van der Waals surface area (Å²) in [6.45, 7) is 5.91. The summed E-state index contributed by atoms with van der Waals surface area (Å²) in [7, 11) is 0. The van der Waals surface area contributed by atoms with Crippen molar-refractivity contribution >= 4 is 6.09 Å². The molecule has 2 atom stereocenters. The average Bonchev–Trinajstić information content (AvgIpc) is 2.62. The number of carbonyl (C=O) groups excluding carboxylic acids is 1. The number of likely N-dealkylation sites (tertiary alicyclic amines) is 1. The number of nitrogens with zero attached hydrogens (tertiary/aromatic N) is 2. The van der Waals surface area contributed by atoms with Gasteiger partial charge in [0.25, 0.3) is 0 Å². The summed E-state index contributed by atoms with van der Waals surface area (Å²) in [6.07, 6.45) is -0.143. The van der Waals surface area contributed by atoms with E-state index < -0.39 is 23.8 Å². The highest BCUT2D eigenvalue weighted by Crippen LogP contribution is 2.22. The van der Waals surface area contributed by atoms with Crippen molar-refractivity contribution in [2.24, 2.45) is 0 Å². The number of carbonyl (C=O) groups is 1. The zero-order valence-corrected chi connectivity index (χ0v) is 9.93. The highest BCUT2D eigenvalue weighted by Gasteiger charge is 2.36. The summed E-state index contributed by atoms with van der Waals surface area (Å²) in [6, 6.07) is 1.33. The van der Waals surface area contributed by atoms with E-state index in [1.54, 1.807) is 26.8 Å². The van der Waals surface area contributed by atoms with Crippen LogP contribution in [0.3, 0.4) is 0 Å². The van der Waals surface area contributed by atoms with Gasteiger partial charge in [-0.2, -0.15) is 5.26 Å². The maximum absolute atomic E-state index is 11.8. The Morgan fingerprint density at radius 1 is 1.62 bits per heavy atom. The van der Waals surface area contributed by atoms with Crippen molar-refractivity contribution in [3.05, 3.63) is 0 Å². The molecule has 1 aliphatic heterocycles. The van der Waals surface area contributed by atoms with Crippen molar-refractivity contribution in [2.45, 2.75) is 51.4 Å². The fourth-order valence-electron chi connectivity index (χ4n) is 1.75. The highest BCUT2D eigenvalue weighted by atomic mass is 16.6. The topological polar surface area (TPSA) is 73.6 Å². The molecule has 0 saturated carbocycles. The second-order valence-electron chi connectivity index (χ2n) is 4.96. The number of ether oxygens (including phenoxy) is 1. The second-order valence-corrected chi connectivity index (χ2v) is 4.96. The van der Waals surface area contributed by atoms with E-state index in [2.05, 4.69) is 0 Å². The molecular weight excluding hydrogens is 208 g/mol. The molecular formula is C11H18N2O3. The fraction of sp³-hybridized carbons (Fsp3) is 0.818. The molecule has 0 radical (unpaired) electrons. The van der Waals surface area contributed by atoms with E-state index in [9.17, 15) is 9.90 Å². The van der Waals surface area contributed by atoms with Gasteiger partial charge in [-0.15, -0.1) is 0 Å². The largest absolute Gasteiger partial charge is 0.444 e. The number of nitriles is 1. The van der Waals surface area contributed by atoms with Gasteiger partial charge in [0.15, 0.2) is 6.10 Å². The third-order valence-electron chi connectivity index (χ3n) is 2.42. The molecule has 1 N–H and O–H groups in total. The summed E-state index contributed by atoms with van der Waals surface area (Å²) in [5.41, 5.74) is -0.554. The molecule has 5 nitrogen and oxygen atoms in total. The first-order valence-electron chi connectivity index (χ1n) is 5.42. The van der Waals surface area contributed by atoms with Gasteiger partial charge in [0.05, 0.1) is 12.1 Å². The van der Waals surface area contributed by atoms with Gasteiger partial charge in [0.2, 0.25) is 0 Å². The number of aliphatic hydroxyl groups excluding tert-OH is 1. The molecule has 1 amide bonds. The Kier molecular flexibility index (Phi) is 3.76. The Labute approximate surface area is 95.6 Å². The standard InChI is InChI=1S/C11H18N2O3/c1-11(2,3)16-10(15)13-6-4-5-8(13)9(14)7-12/h8-9,14H,4-6H2,1-3H3/t8-,9?/m0/s1. The third-order valence-corrected chi connectivity index (χ3v) is 2.42. The Balaban J connectivity index is 2.65. The molecule has 90 valence electrons. The summed E-state index contributed by atoms with van der Waals surface area (Å²) in [5, 5.41) is 18.1. The molecule has 1 saturated heterocycles. The number of hydrogen-bond donors (Lipinski definition) is 1. The van der Waals surface area contributed by atoms with Crippen LogP contribution in [0.1, 0.15) is 33.6 Å². The summed E-state index contributed by atoms with van der Waals surface area (Å²) in [4.78, 5) is 13.2. The van der Waals surface area contributed by atoms with E-state index in [1.807, 2.05) is 0 Å². The SMILES string of the molecule is CC(C)(C)OC(=O)N1CCC[C@H]1C(O)C#N. The van der Waals surface area contributed by atoms with Gasteiger partial charge in [-0.25, -0.2) is 4.79 Å². The normalized spacial score (nSPS) is 22.7. The van der Waals surface area contributed by atoms with Gasteiger partial charge < -0.3 is 14.7 Å². The maximum atomic E-state index is 11.8. The quantitative estimate of drug-likeness (QED) is 0.683. The molecule has 0 bridgehead atoms. The predicted molar refractivity (Wildman–Crippen MR) is 57.6 cm³/mol. The van der Waals surface area contributed by atoms with Crippen LogP contribution in [0.4, 0.5) is 4.79 Å². The first-order valence-corrected chi connectivity index (χ1v) is 5.42.